The zero-order valence-electron chi connectivity index (χ0n) is 16.2. The van der Waals surface area contributed by atoms with Crippen LogP contribution in [-0.4, -0.2) is 44.1 Å². The summed E-state index contributed by atoms with van der Waals surface area (Å²) < 4.78 is 68.4. The summed E-state index contributed by atoms with van der Waals surface area (Å²) in [5, 5.41) is 4.94. The fourth-order valence-corrected chi connectivity index (χ4v) is 3.50. The number of alkyl halides is 3. The van der Waals surface area contributed by atoms with Gasteiger partial charge in [-0.3, -0.25) is 9.59 Å². The van der Waals surface area contributed by atoms with E-state index in [1.807, 2.05) is 0 Å². The Morgan fingerprint density at radius 1 is 1.29 bits per heavy atom. The largest absolute Gasteiger partial charge is 0.472 e. The van der Waals surface area contributed by atoms with Crippen molar-refractivity contribution in [1.82, 2.24) is 10.3 Å². The standard InChI is InChI=1S/C19H18F3N3O5S/c1-31(28,29)14-4-2-3-12(8-14)25-17(27)15-7-11(19(20,21)22)9-24-18(15)30-13-5-6-16(26)23-10-13/h2-4,7-9,13H,5-6,10H2,1H3,(H,23,26)(H,25,27). The summed E-state index contributed by atoms with van der Waals surface area (Å²) in [5.41, 5.74) is -1.55. The summed E-state index contributed by atoms with van der Waals surface area (Å²) in [6.45, 7) is 0.124. The third-order valence-corrected chi connectivity index (χ3v) is 5.55. The van der Waals surface area contributed by atoms with Crippen molar-refractivity contribution in [2.45, 2.75) is 30.0 Å². The van der Waals surface area contributed by atoms with Crippen molar-refractivity contribution in [2.24, 2.45) is 0 Å². The molecule has 1 aliphatic heterocycles. The van der Waals surface area contributed by atoms with Crippen molar-refractivity contribution in [1.29, 1.82) is 0 Å². The third kappa shape index (κ3) is 5.72. The highest BCUT2D eigenvalue weighted by molar-refractivity contribution is 7.90. The van der Waals surface area contributed by atoms with E-state index in [-0.39, 0.29) is 35.3 Å². The lowest BCUT2D eigenvalue weighted by Gasteiger charge is -2.24. The predicted octanol–water partition coefficient (Wildman–Crippen LogP) is 2.41. The number of nitrogens with zero attached hydrogens (tertiary/aromatic N) is 1. The van der Waals surface area contributed by atoms with E-state index in [1.165, 1.54) is 24.3 Å². The molecule has 0 bridgehead atoms. The number of hydrogen-bond acceptors (Lipinski definition) is 6. The zero-order valence-corrected chi connectivity index (χ0v) is 17.0. The minimum Gasteiger partial charge on any atom is -0.472 e. The second-order valence-electron chi connectivity index (χ2n) is 6.91. The van der Waals surface area contributed by atoms with Crippen molar-refractivity contribution in [2.75, 3.05) is 18.1 Å². The molecule has 166 valence electrons. The zero-order chi connectivity index (χ0) is 22.8. The summed E-state index contributed by atoms with van der Waals surface area (Å²) in [6.07, 6.45) is -3.29. The molecule has 1 aliphatic rings. The van der Waals surface area contributed by atoms with E-state index in [4.69, 9.17) is 4.74 Å². The summed E-state index contributed by atoms with van der Waals surface area (Å²) in [5.74, 6) is -1.46. The molecular weight excluding hydrogens is 439 g/mol. The first-order valence-electron chi connectivity index (χ1n) is 9.05. The van der Waals surface area contributed by atoms with Crippen LogP contribution in [-0.2, 0) is 20.8 Å². The smallest absolute Gasteiger partial charge is 0.417 e. The number of anilines is 1. The van der Waals surface area contributed by atoms with Gasteiger partial charge in [-0.1, -0.05) is 6.07 Å². The van der Waals surface area contributed by atoms with Crippen LogP contribution in [0.1, 0.15) is 28.8 Å². The second-order valence-corrected chi connectivity index (χ2v) is 8.93. The number of rotatable bonds is 5. The van der Waals surface area contributed by atoms with Gasteiger partial charge in [-0.2, -0.15) is 13.2 Å². The molecule has 8 nitrogen and oxygen atoms in total. The van der Waals surface area contributed by atoms with Crippen molar-refractivity contribution in [3.63, 3.8) is 0 Å². The van der Waals surface area contributed by atoms with Gasteiger partial charge in [0.05, 0.1) is 17.0 Å². The number of nitrogens with one attached hydrogen (secondary N) is 2. The van der Waals surface area contributed by atoms with E-state index in [0.717, 1.165) is 6.26 Å². The molecule has 0 radical (unpaired) electrons. The monoisotopic (exact) mass is 457 g/mol. The van der Waals surface area contributed by atoms with Crippen molar-refractivity contribution in [3.8, 4) is 5.88 Å². The number of halogens is 3. The molecule has 2 N–H and O–H groups in total. The van der Waals surface area contributed by atoms with Crippen molar-refractivity contribution >= 4 is 27.3 Å². The van der Waals surface area contributed by atoms with E-state index in [1.54, 1.807) is 0 Å². The van der Waals surface area contributed by atoms with E-state index in [0.29, 0.717) is 18.7 Å². The molecule has 0 saturated carbocycles. The van der Waals surface area contributed by atoms with Gasteiger partial charge in [-0.05, 0) is 30.7 Å². The minimum absolute atomic E-state index is 0.0677. The molecule has 0 aliphatic carbocycles. The van der Waals surface area contributed by atoms with E-state index < -0.39 is 39.2 Å². The lowest BCUT2D eigenvalue weighted by atomic mass is 10.1. The fourth-order valence-electron chi connectivity index (χ4n) is 2.84. The molecule has 0 spiro atoms. The van der Waals surface area contributed by atoms with Gasteiger partial charge < -0.3 is 15.4 Å². The minimum atomic E-state index is -4.74. The first kappa shape index (κ1) is 22.5. The van der Waals surface area contributed by atoms with Gasteiger partial charge in [-0.25, -0.2) is 13.4 Å². The average Bonchev–Trinajstić information content (AvgIpc) is 2.68. The number of piperidine rings is 1. The first-order valence-corrected chi connectivity index (χ1v) is 10.9. The molecule has 2 amide bonds. The summed E-state index contributed by atoms with van der Waals surface area (Å²) in [4.78, 5) is 27.6. The van der Waals surface area contributed by atoms with Crippen LogP contribution >= 0.6 is 0 Å². The van der Waals surface area contributed by atoms with Crippen LogP contribution in [0.15, 0.2) is 41.4 Å². The molecule has 1 aromatic carbocycles. The Labute approximate surface area is 175 Å². The third-order valence-electron chi connectivity index (χ3n) is 4.44. The SMILES string of the molecule is CS(=O)(=O)c1cccc(NC(=O)c2cc(C(F)(F)F)cnc2OC2CCC(=O)NC2)c1. The van der Waals surface area contributed by atoms with Crippen molar-refractivity contribution in [3.05, 3.63) is 47.7 Å². The molecule has 1 unspecified atom stereocenters. The van der Waals surface area contributed by atoms with Crippen LogP contribution in [0, 0.1) is 0 Å². The summed E-state index contributed by atoms with van der Waals surface area (Å²) >= 11 is 0. The fraction of sp³-hybridized carbons (Fsp3) is 0.316. The lowest BCUT2D eigenvalue weighted by Crippen LogP contribution is -2.41. The van der Waals surface area contributed by atoms with Gasteiger partial charge >= 0.3 is 6.18 Å². The Morgan fingerprint density at radius 2 is 2.03 bits per heavy atom. The highest BCUT2D eigenvalue weighted by Crippen LogP contribution is 2.32. The van der Waals surface area contributed by atoms with Gasteiger partial charge in [-0.15, -0.1) is 0 Å². The number of sulfone groups is 1. The first-order chi connectivity index (χ1) is 14.4. The Kier molecular flexibility index (Phi) is 6.20. The average molecular weight is 457 g/mol. The Morgan fingerprint density at radius 3 is 2.65 bits per heavy atom. The number of pyridine rings is 1. The number of benzene rings is 1. The highest BCUT2D eigenvalue weighted by atomic mass is 32.2. The maximum Gasteiger partial charge on any atom is 0.417 e. The number of carbonyl (C=O) groups excluding carboxylic acids is 2. The molecule has 2 heterocycles. The molecule has 3 rings (SSSR count). The van der Waals surface area contributed by atoms with Crippen LogP contribution in [0.2, 0.25) is 0 Å². The number of amides is 2. The number of hydrogen-bond donors (Lipinski definition) is 2. The van der Waals surface area contributed by atoms with Gasteiger partial charge in [0, 0.05) is 24.6 Å². The van der Waals surface area contributed by atoms with Crippen LogP contribution in [0.3, 0.4) is 0 Å². The molecular formula is C19H18F3N3O5S. The van der Waals surface area contributed by atoms with Gasteiger partial charge in [0.15, 0.2) is 9.84 Å². The van der Waals surface area contributed by atoms with Crippen LogP contribution < -0.4 is 15.4 Å². The molecule has 12 heteroatoms. The normalized spacial score (nSPS) is 17.0. The van der Waals surface area contributed by atoms with E-state index >= 15 is 0 Å². The summed E-state index contributed by atoms with van der Waals surface area (Å²) in [7, 11) is -3.56. The van der Waals surface area contributed by atoms with E-state index in [2.05, 4.69) is 15.6 Å². The molecule has 2 aromatic rings. The maximum atomic E-state index is 13.1. The molecule has 1 fully saturated rings. The predicted molar refractivity (Wildman–Crippen MR) is 103 cm³/mol. The molecule has 1 aromatic heterocycles. The van der Waals surface area contributed by atoms with Gasteiger partial charge in [0.25, 0.3) is 5.91 Å². The van der Waals surface area contributed by atoms with Crippen LogP contribution in [0.5, 0.6) is 5.88 Å². The Balaban J connectivity index is 1.91. The van der Waals surface area contributed by atoms with Gasteiger partial charge in [0.2, 0.25) is 11.8 Å². The lowest BCUT2D eigenvalue weighted by molar-refractivity contribution is -0.138. The molecule has 1 saturated heterocycles. The summed E-state index contributed by atoms with van der Waals surface area (Å²) in [6, 6.07) is 5.90. The Bertz CT molecular complexity index is 1110. The van der Waals surface area contributed by atoms with Crippen LogP contribution in [0.25, 0.3) is 0 Å². The Hall–Kier alpha value is -3.15. The molecule has 1 atom stereocenters. The van der Waals surface area contributed by atoms with E-state index in [9.17, 15) is 31.2 Å². The number of ether oxygens (including phenoxy) is 1. The number of carbonyl (C=O) groups is 2. The van der Waals surface area contributed by atoms with Gasteiger partial charge in [0.1, 0.15) is 11.7 Å². The quantitative estimate of drug-likeness (QED) is 0.713. The maximum absolute atomic E-state index is 13.1. The van der Waals surface area contributed by atoms with Crippen molar-refractivity contribution < 1.29 is 35.9 Å². The topological polar surface area (TPSA) is 114 Å². The number of aromatic nitrogens is 1. The van der Waals surface area contributed by atoms with Crippen LogP contribution in [0.4, 0.5) is 18.9 Å². The second kappa shape index (κ2) is 8.53. The highest BCUT2D eigenvalue weighted by Gasteiger charge is 2.33. The molecule has 31 heavy (non-hydrogen) atoms.